The maximum absolute atomic E-state index is 12.9. The standard InChI is InChI=1S/C28H31NO3/c1-28(2,3)32-26(30)19-25(22-13-9-6-10-14-22)27(23-15-17-24(31-4)18-16-23)29-20-21-11-7-5-8-12-21/h5-18,20,25,27H,19H2,1-4H3/t25-,27-/m0/s1. The Bertz CT molecular complexity index is 1010. The molecule has 0 fully saturated rings. The lowest BCUT2D eigenvalue weighted by molar-refractivity contribution is -0.155. The number of aliphatic imine (C=N–C) groups is 1. The fourth-order valence-electron chi connectivity index (χ4n) is 3.60. The Morgan fingerprint density at radius 2 is 1.47 bits per heavy atom. The molecule has 2 atom stereocenters. The molecule has 0 aromatic heterocycles. The maximum Gasteiger partial charge on any atom is 0.307 e. The maximum atomic E-state index is 12.9. The van der Waals surface area contributed by atoms with Crippen molar-refractivity contribution in [1.82, 2.24) is 0 Å². The van der Waals surface area contributed by atoms with Crippen LogP contribution in [0.3, 0.4) is 0 Å². The molecule has 0 N–H and O–H groups in total. The zero-order valence-electron chi connectivity index (χ0n) is 19.2. The number of benzene rings is 3. The SMILES string of the molecule is COc1ccc([C@H](N=Cc2ccccc2)[C@@H](CC(=O)OC(C)(C)C)c2ccccc2)cc1. The number of carbonyl (C=O) groups is 1. The second-order valence-electron chi connectivity index (χ2n) is 8.71. The third-order valence-electron chi connectivity index (χ3n) is 5.06. The first-order chi connectivity index (χ1) is 15.4. The van der Waals surface area contributed by atoms with Gasteiger partial charge in [0.15, 0.2) is 0 Å². The number of hydrogen-bond donors (Lipinski definition) is 0. The molecular weight excluding hydrogens is 398 g/mol. The highest BCUT2D eigenvalue weighted by Gasteiger charge is 2.29. The molecule has 0 unspecified atom stereocenters. The zero-order chi connectivity index (χ0) is 23.0. The predicted molar refractivity (Wildman–Crippen MR) is 129 cm³/mol. The van der Waals surface area contributed by atoms with E-state index in [2.05, 4.69) is 0 Å². The Kier molecular flexibility index (Phi) is 7.82. The summed E-state index contributed by atoms with van der Waals surface area (Å²) in [6.07, 6.45) is 2.10. The van der Waals surface area contributed by atoms with Crippen LogP contribution < -0.4 is 4.74 Å². The van der Waals surface area contributed by atoms with Crippen LogP contribution in [0.5, 0.6) is 5.75 Å². The van der Waals surface area contributed by atoms with Crippen molar-refractivity contribution < 1.29 is 14.3 Å². The normalized spacial score (nSPS) is 13.5. The van der Waals surface area contributed by atoms with E-state index in [1.54, 1.807) is 7.11 Å². The summed E-state index contributed by atoms with van der Waals surface area (Å²) in [5.41, 5.74) is 2.52. The van der Waals surface area contributed by atoms with Crippen molar-refractivity contribution in [2.45, 2.75) is 44.8 Å². The highest BCUT2D eigenvalue weighted by Crippen LogP contribution is 2.38. The lowest BCUT2D eigenvalue weighted by atomic mass is 9.84. The van der Waals surface area contributed by atoms with E-state index in [9.17, 15) is 4.79 Å². The molecule has 0 amide bonds. The van der Waals surface area contributed by atoms with Crippen molar-refractivity contribution in [2.75, 3.05) is 7.11 Å². The highest BCUT2D eigenvalue weighted by atomic mass is 16.6. The fourth-order valence-corrected chi connectivity index (χ4v) is 3.60. The van der Waals surface area contributed by atoms with Crippen molar-refractivity contribution >= 4 is 12.2 Å². The first kappa shape index (κ1) is 23.3. The Hall–Kier alpha value is -3.40. The predicted octanol–water partition coefficient (Wildman–Crippen LogP) is 6.37. The van der Waals surface area contributed by atoms with Crippen LogP contribution >= 0.6 is 0 Å². The first-order valence-electron chi connectivity index (χ1n) is 10.8. The number of esters is 1. The minimum atomic E-state index is -0.540. The van der Waals surface area contributed by atoms with E-state index in [4.69, 9.17) is 14.5 Å². The average Bonchev–Trinajstić information content (AvgIpc) is 2.79. The number of carbonyl (C=O) groups excluding carboxylic acids is 1. The van der Waals surface area contributed by atoms with Crippen LogP contribution in [0, 0.1) is 0 Å². The second-order valence-corrected chi connectivity index (χ2v) is 8.71. The third kappa shape index (κ3) is 6.81. The molecule has 0 heterocycles. The van der Waals surface area contributed by atoms with Crippen molar-refractivity contribution in [2.24, 2.45) is 4.99 Å². The van der Waals surface area contributed by atoms with Crippen LogP contribution in [0.2, 0.25) is 0 Å². The molecule has 166 valence electrons. The van der Waals surface area contributed by atoms with Crippen LogP contribution in [0.15, 0.2) is 89.9 Å². The molecule has 0 saturated heterocycles. The van der Waals surface area contributed by atoms with Crippen LogP contribution in [0.25, 0.3) is 0 Å². The van der Waals surface area contributed by atoms with Gasteiger partial charge >= 0.3 is 5.97 Å². The van der Waals surface area contributed by atoms with Crippen molar-refractivity contribution in [3.8, 4) is 5.75 Å². The van der Waals surface area contributed by atoms with Crippen molar-refractivity contribution in [3.63, 3.8) is 0 Å². The molecule has 32 heavy (non-hydrogen) atoms. The van der Waals surface area contributed by atoms with E-state index in [1.807, 2.05) is 112 Å². The van der Waals surface area contributed by atoms with E-state index < -0.39 is 5.60 Å². The molecule has 4 heteroatoms. The summed E-state index contributed by atoms with van der Waals surface area (Å²) in [5, 5.41) is 0. The van der Waals surface area contributed by atoms with E-state index in [1.165, 1.54) is 0 Å². The number of ether oxygens (including phenoxy) is 2. The van der Waals surface area contributed by atoms with Crippen molar-refractivity contribution in [1.29, 1.82) is 0 Å². The number of rotatable bonds is 8. The van der Waals surface area contributed by atoms with Gasteiger partial charge in [-0.05, 0) is 49.6 Å². The molecule has 3 aromatic carbocycles. The van der Waals surface area contributed by atoms with Gasteiger partial charge in [-0.25, -0.2) is 0 Å². The summed E-state index contributed by atoms with van der Waals surface area (Å²) in [4.78, 5) is 17.8. The Morgan fingerprint density at radius 1 is 0.875 bits per heavy atom. The van der Waals surface area contributed by atoms with Gasteiger partial charge < -0.3 is 9.47 Å². The van der Waals surface area contributed by atoms with Gasteiger partial charge in [-0.2, -0.15) is 0 Å². The van der Waals surface area contributed by atoms with Gasteiger partial charge in [0, 0.05) is 12.1 Å². The van der Waals surface area contributed by atoms with Crippen LogP contribution in [0.1, 0.15) is 55.8 Å². The lowest BCUT2D eigenvalue weighted by Crippen LogP contribution is -2.26. The van der Waals surface area contributed by atoms with Crippen LogP contribution in [-0.2, 0) is 9.53 Å². The fraction of sp³-hybridized carbons (Fsp3) is 0.286. The van der Waals surface area contributed by atoms with Crippen molar-refractivity contribution in [3.05, 3.63) is 102 Å². The Morgan fingerprint density at radius 3 is 2.03 bits per heavy atom. The molecule has 0 saturated carbocycles. The number of methoxy groups -OCH3 is 1. The second kappa shape index (κ2) is 10.8. The van der Waals surface area contributed by atoms with E-state index >= 15 is 0 Å². The molecule has 0 radical (unpaired) electrons. The Labute approximate surface area is 190 Å². The quantitative estimate of drug-likeness (QED) is 0.309. The monoisotopic (exact) mass is 429 g/mol. The van der Waals surface area contributed by atoms with Gasteiger partial charge in [-0.3, -0.25) is 9.79 Å². The summed E-state index contributed by atoms with van der Waals surface area (Å²) in [5.74, 6) is 0.363. The largest absolute Gasteiger partial charge is 0.497 e. The van der Waals surface area contributed by atoms with E-state index in [-0.39, 0.29) is 24.3 Å². The molecule has 3 aromatic rings. The topological polar surface area (TPSA) is 47.9 Å². The molecule has 0 aliphatic rings. The highest BCUT2D eigenvalue weighted by molar-refractivity contribution is 5.80. The summed E-state index contributed by atoms with van der Waals surface area (Å²) in [6.45, 7) is 5.66. The summed E-state index contributed by atoms with van der Waals surface area (Å²) in [7, 11) is 1.65. The minimum absolute atomic E-state index is 0.181. The van der Waals surface area contributed by atoms with Gasteiger partial charge in [0.1, 0.15) is 11.4 Å². The summed E-state index contributed by atoms with van der Waals surface area (Å²) in [6, 6.07) is 27.6. The molecule has 0 bridgehead atoms. The van der Waals surface area contributed by atoms with E-state index in [0.29, 0.717) is 0 Å². The molecule has 0 aliphatic carbocycles. The van der Waals surface area contributed by atoms with Gasteiger partial charge in [-0.1, -0.05) is 72.8 Å². The molecule has 0 aliphatic heterocycles. The van der Waals surface area contributed by atoms with Gasteiger partial charge in [0.2, 0.25) is 0 Å². The van der Waals surface area contributed by atoms with Gasteiger partial charge in [0.05, 0.1) is 19.6 Å². The molecular formula is C28H31NO3. The van der Waals surface area contributed by atoms with Gasteiger partial charge in [-0.15, -0.1) is 0 Å². The number of nitrogens with zero attached hydrogens (tertiary/aromatic N) is 1. The average molecular weight is 430 g/mol. The van der Waals surface area contributed by atoms with Crippen LogP contribution in [-0.4, -0.2) is 24.9 Å². The lowest BCUT2D eigenvalue weighted by Gasteiger charge is -2.27. The number of hydrogen-bond acceptors (Lipinski definition) is 4. The minimum Gasteiger partial charge on any atom is -0.497 e. The van der Waals surface area contributed by atoms with E-state index in [0.717, 1.165) is 22.4 Å². The smallest absolute Gasteiger partial charge is 0.307 e. The Balaban J connectivity index is 2.02. The first-order valence-corrected chi connectivity index (χ1v) is 10.8. The van der Waals surface area contributed by atoms with Gasteiger partial charge in [0.25, 0.3) is 0 Å². The zero-order valence-corrected chi connectivity index (χ0v) is 19.2. The molecule has 3 rings (SSSR count). The van der Waals surface area contributed by atoms with Crippen LogP contribution in [0.4, 0.5) is 0 Å². The summed E-state index contributed by atoms with van der Waals surface area (Å²) >= 11 is 0. The third-order valence-corrected chi connectivity index (χ3v) is 5.06. The molecule has 0 spiro atoms. The summed E-state index contributed by atoms with van der Waals surface area (Å²) < 4.78 is 11.0. The molecule has 4 nitrogen and oxygen atoms in total.